The quantitative estimate of drug-likeness (QED) is 0.403. The van der Waals surface area contributed by atoms with E-state index in [2.05, 4.69) is 52.2 Å². The molecule has 0 fully saturated rings. The van der Waals surface area contributed by atoms with Gasteiger partial charge in [-0.05, 0) is 59.7 Å². The summed E-state index contributed by atoms with van der Waals surface area (Å²) in [5.74, 6) is 0. The van der Waals surface area contributed by atoms with Crippen molar-refractivity contribution in [2.24, 2.45) is 0 Å². The maximum atomic E-state index is 12.5. The van der Waals surface area contributed by atoms with E-state index < -0.39 is 10.0 Å². The minimum absolute atomic E-state index is 0.110. The van der Waals surface area contributed by atoms with Crippen LogP contribution in [0.2, 0.25) is 0 Å². The van der Waals surface area contributed by atoms with Gasteiger partial charge in [0.2, 0.25) is 10.0 Å². The summed E-state index contributed by atoms with van der Waals surface area (Å²) in [6.45, 7) is 0.504. The summed E-state index contributed by atoms with van der Waals surface area (Å²) in [6.07, 6.45) is 3.30. The van der Waals surface area contributed by atoms with Crippen molar-refractivity contribution in [2.75, 3.05) is 5.32 Å². The summed E-state index contributed by atoms with van der Waals surface area (Å²) in [4.78, 5) is 16.0. The predicted octanol–water partition coefficient (Wildman–Crippen LogP) is 4.41. The lowest BCUT2D eigenvalue weighted by Crippen LogP contribution is -2.28. The van der Waals surface area contributed by atoms with Gasteiger partial charge in [0.05, 0.1) is 4.90 Å². The van der Waals surface area contributed by atoms with Crippen molar-refractivity contribution in [1.29, 1.82) is 0 Å². The predicted molar refractivity (Wildman–Crippen MR) is 122 cm³/mol. The van der Waals surface area contributed by atoms with Crippen molar-refractivity contribution in [3.05, 3.63) is 87.1 Å². The van der Waals surface area contributed by atoms with E-state index in [1.165, 1.54) is 24.3 Å². The summed E-state index contributed by atoms with van der Waals surface area (Å²) < 4.78 is 29.3. The van der Waals surface area contributed by atoms with Crippen molar-refractivity contribution in [2.45, 2.75) is 18.0 Å². The van der Waals surface area contributed by atoms with Crippen molar-refractivity contribution in [3.8, 4) is 0 Å². The molecular weight excluding hydrogens is 536 g/mol. The fourth-order valence-corrected chi connectivity index (χ4v) is 4.69. The van der Waals surface area contributed by atoms with Crippen LogP contribution in [-0.4, -0.2) is 19.4 Å². The van der Waals surface area contributed by atoms with Crippen molar-refractivity contribution in [3.63, 3.8) is 0 Å². The van der Waals surface area contributed by atoms with Crippen molar-refractivity contribution < 1.29 is 13.2 Å². The molecule has 3 aromatic rings. The lowest BCUT2D eigenvalue weighted by atomic mass is 10.2. The van der Waals surface area contributed by atoms with Crippen LogP contribution in [0, 0.1) is 0 Å². The molecule has 0 saturated heterocycles. The number of nitrogens with one attached hydrogen (secondary N) is 3. The first-order valence-electron chi connectivity index (χ1n) is 8.81. The average Bonchev–Trinajstić information content (AvgIpc) is 2.73. The van der Waals surface area contributed by atoms with E-state index in [0.29, 0.717) is 12.2 Å². The first kappa shape index (κ1) is 22.4. The highest BCUT2D eigenvalue weighted by Crippen LogP contribution is 2.22. The van der Waals surface area contributed by atoms with Gasteiger partial charge in [-0.25, -0.2) is 17.9 Å². The van der Waals surface area contributed by atoms with Crippen LogP contribution >= 0.6 is 31.9 Å². The molecule has 0 aliphatic rings. The SMILES string of the molecule is O=C(NCc1ccncc1)Nc1ccc(S(=O)(=O)NCc2ccc(Br)cc2Br)cc1. The van der Waals surface area contributed by atoms with E-state index in [4.69, 9.17) is 0 Å². The summed E-state index contributed by atoms with van der Waals surface area (Å²) in [6, 6.07) is 14.7. The molecule has 3 N–H and O–H groups in total. The number of pyridine rings is 1. The molecular formula is C20H18Br2N4O3S. The standard InChI is InChI=1S/C20H18Br2N4O3S/c21-16-2-1-15(19(22)11-16)13-25-30(28,29)18-5-3-17(4-6-18)26-20(27)24-12-14-7-9-23-10-8-14/h1-11,25H,12-13H2,(H2,24,26,27). The van der Waals surface area contributed by atoms with E-state index >= 15 is 0 Å². The summed E-state index contributed by atoms with van der Waals surface area (Å²) in [5.41, 5.74) is 2.22. The van der Waals surface area contributed by atoms with Gasteiger partial charge in [-0.2, -0.15) is 0 Å². The average molecular weight is 554 g/mol. The van der Waals surface area contributed by atoms with Gasteiger partial charge in [-0.3, -0.25) is 4.98 Å². The number of nitrogens with zero attached hydrogens (tertiary/aromatic N) is 1. The van der Waals surface area contributed by atoms with Crippen LogP contribution in [0.3, 0.4) is 0 Å². The summed E-state index contributed by atoms with van der Waals surface area (Å²) in [7, 11) is -3.69. The lowest BCUT2D eigenvalue weighted by Gasteiger charge is -2.10. The zero-order chi connectivity index (χ0) is 21.6. The zero-order valence-corrected chi connectivity index (χ0v) is 19.6. The zero-order valence-electron chi connectivity index (χ0n) is 15.6. The van der Waals surface area contributed by atoms with Crippen LogP contribution in [0.25, 0.3) is 0 Å². The molecule has 1 heterocycles. The normalized spacial score (nSPS) is 11.1. The highest BCUT2D eigenvalue weighted by Gasteiger charge is 2.15. The van der Waals surface area contributed by atoms with Gasteiger partial charge >= 0.3 is 6.03 Å². The Morgan fingerprint density at radius 2 is 1.63 bits per heavy atom. The molecule has 0 radical (unpaired) electrons. The first-order chi connectivity index (χ1) is 14.3. The number of sulfonamides is 1. The monoisotopic (exact) mass is 552 g/mol. The molecule has 10 heteroatoms. The molecule has 7 nitrogen and oxygen atoms in total. The van der Waals surface area contributed by atoms with E-state index in [9.17, 15) is 13.2 Å². The summed E-state index contributed by atoms with van der Waals surface area (Å²) in [5, 5.41) is 5.39. The Labute approximate surface area is 191 Å². The number of hydrogen-bond donors (Lipinski definition) is 3. The van der Waals surface area contributed by atoms with Crippen LogP contribution < -0.4 is 15.4 Å². The minimum Gasteiger partial charge on any atom is -0.334 e. The Morgan fingerprint density at radius 1 is 0.933 bits per heavy atom. The van der Waals surface area contributed by atoms with Gasteiger partial charge in [0, 0.05) is 40.1 Å². The number of hydrogen-bond acceptors (Lipinski definition) is 4. The molecule has 0 bridgehead atoms. The number of benzene rings is 2. The van der Waals surface area contributed by atoms with E-state index in [-0.39, 0.29) is 17.5 Å². The number of carbonyl (C=O) groups excluding carboxylic acids is 1. The van der Waals surface area contributed by atoms with Crippen LogP contribution in [0.15, 0.2) is 80.8 Å². The Kier molecular flexibility index (Phi) is 7.59. The number of amides is 2. The fourth-order valence-electron chi connectivity index (χ4n) is 2.50. The Hall–Kier alpha value is -2.27. The molecule has 156 valence electrons. The van der Waals surface area contributed by atoms with Crippen molar-refractivity contribution >= 4 is 53.6 Å². The lowest BCUT2D eigenvalue weighted by molar-refractivity contribution is 0.251. The van der Waals surface area contributed by atoms with Gasteiger partial charge in [0.1, 0.15) is 0 Å². The molecule has 0 atom stereocenters. The van der Waals surface area contributed by atoms with Crippen molar-refractivity contribution in [1.82, 2.24) is 15.0 Å². The topological polar surface area (TPSA) is 100 Å². The number of carbonyl (C=O) groups is 1. The molecule has 1 aromatic heterocycles. The molecule has 2 amide bonds. The highest BCUT2D eigenvalue weighted by atomic mass is 79.9. The second kappa shape index (κ2) is 10.2. The number of anilines is 1. The second-order valence-electron chi connectivity index (χ2n) is 6.25. The molecule has 0 aliphatic carbocycles. The van der Waals surface area contributed by atoms with Crippen LogP contribution in [-0.2, 0) is 23.1 Å². The number of aromatic nitrogens is 1. The maximum Gasteiger partial charge on any atom is 0.319 e. The number of urea groups is 1. The van der Waals surface area contributed by atoms with Gasteiger partial charge < -0.3 is 10.6 Å². The van der Waals surface area contributed by atoms with Crippen LogP contribution in [0.5, 0.6) is 0 Å². The Morgan fingerprint density at radius 3 is 2.30 bits per heavy atom. The van der Waals surface area contributed by atoms with Gasteiger partial charge in [-0.15, -0.1) is 0 Å². The summed E-state index contributed by atoms with van der Waals surface area (Å²) >= 11 is 6.78. The molecule has 3 rings (SSSR count). The molecule has 2 aromatic carbocycles. The smallest absolute Gasteiger partial charge is 0.319 e. The molecule has 0 aliphatic heterocycles. The number of rotatable bonds is 7. The third-order valence-electron chi connectivity index (χ3n) is 4.09. The van der Waals surface area contributed by atoms with Crippen LogP contribution in [0.4, 0.5) is 10.5 Å². The molecule has 0 spiro atoms. The van der Waals surface area contributed by atoms with E-state index in [0.717, 1.165) is 20.1 Å². The number of halogens is 2. The van der Waals surface area contributed by atoms with Crippen LogP contribution in [0.1, 0.15) is 11.1 Å². The Balaban J connectivity index is 1.56. The first-order valence-corrected chi connectivity index (χ1v) is 11.9. The third-order valence-corrected chi connectivity index (χ3v) is 6.74. The maximum absolute atomic E-state index is 12.5. The highest BCUT2D eigenvalue weighted by molar-refractivity contribution is 9.11. The second-order valence-corrected chi connectivity index (χ2v) is 9.78. The Bertz CT molecular complexity index is 1120. The largest absolute Gasteiger partial charge is 0.334 e. The van der Waals surface area contributed by atoms with Gasteiger partial charge in [0.25, 0.3) is 0 Å². The molecule has 30 heavy (non-hydrogen) atoms. The van der Waals surface area contributed by atoms with E-state index in [1.807, 2.05) is 18.2 Å². The van der Waals surface area contributed by atoms with E-state index in [1.54, 1.807) is 24.5 Å². The fraction of sp³-hybridized carbons (Fsp3) is 0.100. The molecule has 0 unspecified atom stereocenters. The van der Waals surface area contributed by atoms with Gasteiger partial charge in [-0.1, -0.05) is 37.9 Å². The van der Waals surface area contributed by atoms with Gasteiger partial charge in [0.15, 0.2) is 0 Å². The minimum atomic E-state index is -3.69. The third kappa shape index (κ3) is 6.36. The molecule has 0 saturated carbocycles.